The molecule has 3 heterocycles. The summed E-state index contributed by atoms with van der Waals surface area (Å²) >= 11 is -1.06. The first-order valence-electron chi connectivity index (χ1n) is 10.7. The molecule has 12 nitrogen and oxygen atoms in total. The van der Waals surface area contributed by atoms with Gasteiger partial charge in [-0.15, -0.1) is 0 Å². The number of morpholine rings is 1. The van der Waals surface area contributed by atoms with Crippen molar-refractivity contribution in [2.45, 2.75) is 13.5 Å². The van der Waals surface area contributed by atoms with Crippen molar-refractivity contribution in [1.29, 1.82) is 0 Å². The predicted molar refractivity (Wildman–Crippen MR) is 135 cm³/mol. The van der Waals surface area contributed by atoms with Gasteiger partial charge in [0.1, 0.15) is 16.5 Å². The van der Waals surface area contributed by atoms with Crippen LogP contribution in [0.5, 0.6) is 0 Å². The fraction of sp³-hybridized carbons (Fsp3) is 0.333. The number of benzene rings is 1. The number of anilines is 5. The number of nitrogens with one attached hydrogen (secondary N) is 2. The maximum absolute atomic E-state index is 11.4. The van der Waals surface area contributed by atoms with Crippen LogP contribution in [-0.2, 0) is 22.5 Å². The number of rotatable bonds is 9. The molecule has 1 aliphatic rings. The number of nitrogens with zero attached hydrogens (tertiary/aromatic N) is 5. The van der Waals surface area contributed by atoms with Crippen molar-refractivity contribution in [3.8, 4) is 0 Å². The molecule has 0 aliphatic carbocycles. The minimum Gasteiger partial charge on any atom is -0.477 e. The smallest absolute Gasteiger partial charge is 0.347 e. The zero-order valence-electron chi connectivity index (χ0n) is 19.1. The Hall–Kier alpha value is -3.33. The summed E-state index contributed by atoms with van der Waals surface area (Å²) in [5, 5.41) is 16.0. The summed E-state index contributed by atoms with van der Waals surface area (Å²) in [6.07, 6.45) is 0. The normalized spacial score (nSPS) is 14.4. The summed E-state index contributed by atoms with van der Waals surface area (Å²) in [6, 6.07) is 9.11. The third-order valence-electron chi connectivity index (χ3n) is 5.27. The van der Waals surface area contributed by atoms with E-state index in [1.807, 2.05) is 18.2 Å². The summed E-state index contributed by atoms with van der Waals surface area (Å²) in [5.41, 5.74) is 2.00. The van der Waals surface area contributed by atoms with Crippen molar-refractivity contribution in [3.05, 3.63) is 46.5 Å². The van der Waals surface area contributed by atoms with E-state index in [0.29, 0.717) is 66.9 Å². The monoisotopic (exact) mass is 519 g/mol. The van der Waals surface area contributed by atoms with Gasteiger partial charge in [0, 0.05) is 32.7 Å². The summed E-state index contributed by atoms with van der Waals surface area (Å²) < 4.78 is 27.2. The van der Waals surface area contributed by atoms with E-state index >= 15 is 0 Å². The fourth-order valence-corrected chi connectivity index (χ4v) is 4.49. The Morgan fingerprint density at radius 3 is 2.57 bits per heavy atom. The molecule has 1 fully saturated rings. The number of carboxylic acids is 1. The Morgan fingerprint density at radius 1 is 1.23 bits per heavy atom. The number of hydrogen-bond donors (Lipinski definition) is 4. The molecule has 1 atom stereocenters. The average Bonchev–Trinajstić information content (AvgIpc) is 3.23. The summed E-state index contributed by atoms with van der Waals surface area (Å²) in [7, 11) is 1.54. The summed E-state index contributed by atoms with van der Waals surface area (Å²) in [4.78, 5) is 27.0. The molecule has 3 aromatic rings. The Balaban J connectivity index is 1.54. The van der Waals surface area contributed by atoms with Crippen LogP contribution in [0.25, 0.3) is 0 Å². The van der Waals surface area contributed by atoms with E-state index in [1.54, 1.807) is 19.1 Å². The van der Waals surface area contributed by atoms with Crippen LogP contribution in [0.4, 0.5) is 28.4 Å². The van der Waals surface area contributed by atoms with Crippen LogP contribution in [0.2, 0.25) is 0 Å². The zero-order valence-corrected chi connectivity index (χ0v) is 20.7. The predicted octanol–water partition coefficient (Wildman–Crippen LogP) is 2.70. The SMILES string of the molecule is Cc1nc(Nc2nc(NCc3ccc(N(C)S(=O)O)cc3)cc(N3CCOCC3)n2)sc1C(=O)O. The number of aryl methyl sites for hydroxylation is 1. The third-order valence-corrected chi connectivity index (χ3v) is 7.01. The van der Waals surface area contributed by atoms with E-state index in [4.69, 9.17) is 4.74 Å². The van der Waals surface area contributed by atoms with E-state index in [0.717, 1.165) is 16.9 Å². The van der Waals surface area contributed by atoms with Crippen molar-refractivity contribution in [2.24, 2.45) is 0 Å². The van der Waals surface area contributed by atoms with Gasteiger partial charge in [0.2, 0.25) is 5.95 Å². The lowest BCUT2D eigenvalue weighted by Gasteiger charge is -2.28. The lowest BCUT2D eigenvalue weighted by molar-refractivity contribution is 0.0701. The lowest BCUT2D eigenvalue weighted by atomic mass is 10.2. The van der Waals surface area contributed by atoms with Crippen LogP contribution in [0, 0.1) is 6.92 Å². The molecule has 0 bridgehead atoms. The van der Waals surface area contributed by atoms with Gasteiger partial charge in [-0.3, -0.25) is 14.2 Å². The number of carboxylic acid groups (broad SMARTS) is 1. The molecule has 35 heavy (non-hydrogen) atoms. The molecule has 1 aromatic carbocycles. The van der Waals surface area contributed by atoms with Gasteiger partial charge < -0.3 is 20.1 Å². The number of carbonyl (C=O) groups is 1. The van der Waals surface area contributed by atoms with Crippen molar-refractivity contribution in [3.63, 3.8) is 0 Å². The summed E-state index contributed by atoms with van der Waals surface area (Å²) in [5.74, 6) is 0.557. The molecular formula is C21H25N7O5S2. The van der Waals surface area contributed by atoms with Gasteiger partial charge >= 0.3 is 5.97 Å². The second kappa shape index (κ2) is 10.9. The van der Waals surface area contributed by atoms with Crippen molar-refractivity contribution in [2.75, 3.05) is 53.2 Å². The molecule has 0 saturated carbocycles. The molecular weight excluding hydrogens is 494 g/mol. The quantitative estimate of drug-likeness (QED) is 0.309. The first kappa shape index (κ1) is 24.8. The van der Waals surface area contributed by atoms with Gasteiger partial charge in [0.15, 0.2) is 5.13 Å². The van der Waals surface area contributed by atoms with Crippen LogP contribution in [0.15, 0.2) is 30.3 Å². The first-order valence-corrected chi connectivity index (χ1v) is 12.5. The molecule has 1 saturated heterocycles. The molecule has 1 unspecified atom stereocenters. The average molecular weight is 520 g/mol. The Bertz CT molecular complexity index is 1220. The molecule has 4 rings (SSSR count). The van der Waals surface area contributed by atoms with Crippen LogP contribution in [0.3, 0.4) is 0 Å². The van der Waals surface area contributed by atoms with E-state index in [2.05, 4.69) is 30.5 Å². The number of hydrogen-bond acceptors (Lipinski definition) is 10. The van der Waals surface area contributed by atoms with Crippen LogP contribution in [-0.4, -0.2) is 68.1 Å². The topological polar surface area (TPSA) is 153 Å². The van der Waals surface area contributed by atoms with E-state index < -0.39 is 17.2 Å². The maximum atomic E-state index is 11.4. The lowest BCUT2D eigenvalue weighted by Crippen LogP contribution is -2.36. The highest BCUT2D eigenvalue weighted by Crippen LogP contribution is 2.27. The molecule has 1 aliphatic heterocycles. The molecule has 14 heteroatoms. The maximum Gasteiger partial charge on any atom is 0.347 e. The van der Waals surface area contributed by atoms with E-state index in [9.17, 15) is 18.7 Å². The van der Waals surface area contributed by atoms with Gasteiger partial charge in [-0.1, -0.05) is 23.5 Å². The van der Waals surface area contributed by atoms with Gasteiger partial charge in [0.05, 0.1) is 24.6 Å². The van der Waals surface area contributed by atoms with Crippen LogP contribution < -0.4 is 19.8 Å². The minimum absolute atomic E-state index is 0.161. The standard InChI is InChI=1S/C21H25N7O5S2/c1-13-18(19(29)30)34-21(23-13)26-20-24-16(11-17(25-20)28-7-9-33-10-8-28)22-12-14-3-5-15(6-4-14)27(2)35(31)32/h3-6,11H,7-10,12H2,1-2H3,(H,29,30)(H,31,32)(H2,22,23,24,25,26). The Kier molecular flexibility index (Phi) is 7.75. The van der Waals surface area contributed by atoms with Crippen LogP contribution >= 0.6 is 11.3 Å². The number of thiazole rings is 1. The number of ether oxygens (including phenoxy) is 1. The molecule has 0 amide bonds. The molecule has 0 radical (unpaired) electrons. The molecule has 4 N–H and O–H groups in total. The molecule has 186 valence electrons. The van der Waals surface area contributed by atoms with Gasteiger partial charge in [-0.05, 0) is 24.6 Å². The highest BCUT2D eigenvalue weighted by atomic mass is 32.2. The summed E-state index contributed by atoms with van der Waals surface area (Å²) in [6.45, 7) is 4.69. The minimum atomic E-state index is -2.09. The zero-order chi connectivity index (χ0) is 24.9. The number of aromatic carboxylic acids is 1. The highest BCUT2D eigenvalue weighted by Gasteiger charge is 2.18. The van der Waals surface area contributed by atoms with E-state index in [1.165, 1.54) is 11.4 Å². The molecule has 0 spiro atoms. The second-order valence-corrected chi connectivity index (χ2v) is 9.65. The third kappa shape index (κ3) is 6.22. The second-order valence-electron chi connectivity index (χ2n) is 7.65. The Labute approximate surface area is 208 Å². The first-order chi connectivity index (χ1) is 16.8. The van der Waals surface area contributed by atoms with Crippen molar-refractivity contribution < 1.29 is 23.4 Å². The Morgan fingerprint density at radius 2 is 1.94 bits per heavy atom. The van der Waals surface area contributed by atoms with Crippen LogP contribution in [0.1, 0.15) is 20.9 Å². The molecule has 2 aromatic heterocycles. The highest BCUT2D eigenvalue weighted by molar-refractivity contribution is 7.80. The van der Waals surface area contributed by atoms with Gasteiger partial charge in [-0.2, -0.15) is 9.97 Å². The van der Waals surface area contributed by atoms with Gasteiger partial charge in [0.25, 0.3) is 11.3 Å². The van der Waals surface area contributed by atoms with E-state index in [-0.39, 0.29) is 4.88 Å². The fourth-order valence-electron chi connectivity index (χ4n) is 3.39. The van der Waals surface area contributed by atoms with Crippen molar-refractivity contribution in [1.82, 2.24) is 15.0 Å². The van der Waals surface area contributed by atoms with Gasteiger partial charge in [-0.25, -0.2) is 14.0 Å². The van der Waals surface area contributed by atoms with Crippen molar-refractivity contribution >= 4 is 57.0 Å². The largest absolute Gasteiger partial charge is 0.477 e. The number of aromatic nitrogens is 3.